The van der Waals surface area contributed by atoms with Crippen LogP contribution in [0.2, 0.25) is 0 Å². The van der Waals surface area contributed by atoms with Crippen LogP contribution in [0.25, 0.3) is 0 Å². The fourth-order valence-corrected chi connectivity index (χ4v) is 4.15. The highest BCUT2D eigenvalue weighted by Crippen LogP contribution is 2.27. The first kappa shape index (κ1) is 27.2. The Kier molecular flexibility index (Phi) is 9.94. The summed E-state index contributed by atoms with van der Waals surface area (Å²) in [6.07, 6.45) is 9.86. The van der Waals surface area contributed by atoms with Crippen molar-refractivity contribution < 1.29 is 24.2 Å². The molecular weight excluding hydrogens is 434 g/mol. The van der Waals surface area contributed by atoms with E-state index in [4.69, 9.17) is 11.2 Å². The lowest BCUT2D eigenvalue weighted by Gasteiger charge is -2.35. The fourth-order valence-electron chi connectivity index (χ4n) is 4.15. The summed E-state index contributed by atoms with van der Waals surface area (Å²) in [5, 5.41) is 15.4. The molecule has 34 heavy (non-hydrogen) atoms. The molecule has 3 N–H and O–H groups in total. The number of aliphatic hydroxyl groups is 1. The van der Waals surface area contributed by atoms with Gasteiger partial charge in [0, 0.05) is 18.2 Å². The molecule has 0 aliphatic heterocycles. The molecule has 1 saturated carbocycles. The highest BCUT2D eigenvalue weighted by Gasteiger charge is 2.37. The molecule has 0 aromatic heterocycles. The van der Waals surface area contributed by atoms with E-state index in [1.807, 2.05) is 0 Å². The Morgan fingerprint density at radius 2 is 1.85 bits per heavy atom. The number of alkyl carbamates (subject to hydrolysis) is 1. The minimum atomic E-state index is -1.28. The number of nitrogens with zero attached hydrogens (tertiary/aromatic N) is 1. The third-order valence-corrected chi connectivity index (χ3v) is 5.72. The Balaban J connectivity index is 2.37. The van der Waals surface area contributed by atoms with E-state index in [-0.39, 0.29) is 18.5 Å². The summed E-state index contributed by atoms with van der Waals surface area (Å²) < 4.78 is 5.23. The largest absolute Gasteiger partial charge is 0.444 e. The van der Waals surface area contributed by atoms with Crippen molar-refractivity contribution in [3.8, 4) is 12.3 Å². The van der Waals surface area contributed by atoms with E-state index < -0.39 is 36.3 Å². The van der Waals surface area contributed by atoms with E-state index in [1.54, 1.807) is 52.0 Å². The molecule has 1 aromatic carbocycles. The second kappa shape index (κ2) is 12.4. The Hall–Kier alpha value is -3.05. The van der Waals surface area contributed by atoms with Crippen molar-refractivity contribution in [1.29, 1.82) is 0 Å². The lowest BCUT2D eigenvalue weighted by Crippen LogP contribution is -2.55. The Labute approximate surface area is 202 Å². The molecule has 2 rings (SSSR count). The average Bonchev–Trinajstić information content (AvgIpc) is 2.80. The lowest BCUT2D eigenvalue weighted by molar-refractivity contribution is -0.143. The van der Waals surface area contributed by atoms with Gasteiger partial charge in [-0.2, -0.15) is 0 Å². The van der Waals surface area contributed by atoms with Gasteiger partial charge in [-0.3, -0.25) is 9.59 Å². The van der Waals surface area contributed by atoms with Crippen molar-refractivity contribution in [3.63, 3.8) is 0 Å². The number of hydrogen-bond acceptors (Lipinski definition) is 5. The SMILES string of the molecule is C#Cc1ccccc1C(C(=O)NC1CCCCC1)N(CC)C(=O)C(CO)NC(=O)OC(C)(C)C. The maximum atomic E-state index is 13.6. The van der Waals surface area contributed by atoms with Crippen molar-refractivity contribution in [2.24, 2.45) is 0 Å². The highest BCUT2D eigenvalue weighted by molar-refractivity contribution is 5.92. The fraction of sp³-hybridized carbons (Fsp3) is 0.577. The number of ether oxygens (including phenoxy) is 1. The van der Waals surface area contributed by atoms with Crippen molar-refractivity contribution >= 4 is 17.9 Å². The molecule has 0 bridgehead atoms. The first-order valence-corrected chi connectivity index (χ1v) is 11.9. The second-order valence-electron chi connectivity index (χ2n) is 9.48. The molecule has 186 valence electrons. The van der Waals surface area contributed by atoms with Gasteiger partial charge in [-0.1, -0.05) is 43.4 Å². The van der Waals surface area contributed by atoms with Gasteiger partial charge in [0.2, 0.25) is 11.8 Å². The molecule has 1 aromatic rings. The van der Waals surface area contributed by atoms with E-state index in [0.717, 1.165) is 32.1 Å². The molecule has 1 fully saturated rings. The number of hydrogen-bond donors (Lipinski definition) is 3. The van der Waals surface area contributed by atoms with Gasteiger partial charge in [-0.15, -0.1) is 6.42 Å². The van der Waals surface area contributed by atoms with Gasteiger partial charge in [0.1, 0.15) is 17.7 Å². The predicted molar refractivity (Wildman–Crippen MR) is 130 cm³/mol. The third-order valence-electron chi connectivity index (χ3n) is 5.72. The third kappa shape index (κ3) is 7.49. The number of likely N-dealkylation sites (N-methyl/N-ethyl adjacent to an activating group) is 1. The van der Waals surface area contributed by atoms with Crippen LogP contribution in [-0.2, 0) is 14.3 Å². The maximum Gasteiger partial charge on any atom is 0.408 e. The van der Waals surface area contributed by atoms with E-state index in [1.165, 1.54) is 4.90 Å². The zero-order valence-corrected chi connectivity index (χ0v) is 20.6. The van der Waals surface area contributed by atoms with E-state index in [2.05, 4.69) is 16.6 Å². The van der Waals surface area contributed by atoms with Crippen LogP contribution in [0.4, 0.5) is 4.79 Å². The summed E-state index contributed by atoms with van der Waals surface area (Å²) in [6, 6.07) is 4.72. The summed E-state index contributed by atoms with van der Waals surface area (Å²) >= 11 is 0. The zero-order valence-electron chi connectivity index (χ0n) is 20.6. The van der Waals surface area contributed by atoms with Crippen LogP contribution in [0, 0.1) is 12.3 Å². The van der Waals surface area contributed by atoms with Gasteiger partial charge in [-0.05, 0) is 52.2 Å². The topological polar surface area (TPSA) is 108 Å². The van der Waals surface area contributed by atoms with Crippen LogP contribution < -0.4 is 10.6 Å². The normalized spacial score (nSPS) is 16.0. The summed E-state index contributed by atoms with van der Waals surface area (Å²) in [5.74, 6) is 1.66. The molecule has 8 nitrogen and oxygen atoms in total. The van der Waals surface area contributed by atoms with Crippen LogP contribution in [0.5, 0.6) is 0 Å². The average molecular weight is 472 g/mol. The van der Waals surface area contributed by atoms with Crippen molar-refractivity contribution in [2.75, 3.05) is 13.2 Å². The summed E-state index contributed by atoms with van der Waals surface area (Å²) in [6.45, 7) is 6.34. The van der Waals surface area contributed by atoms with Crippen molar-refractivity contribution in [3.05, 3.63) is 35.4 Å². The van der Waals surface area contributed by atoms with E-state index >= 15 is 0 Å². The molecule has 2 atom stereocenters. The van der Waals surface area contributed by atoms with Crippen molar-refractivity contribution in [2.45, 2.75) is 83.5 Å². The minimum Gasteiger partial charge on any atom is -0.444 e. The first-order valence-electron chi connectivity index (χ1n) is 11.9. The highest BCUT2D eigenvalue weighted by atomic mass is 16.6. The Bertz CT molecular complexity index is 896. The number of carbonyl (C=O) groups excluding carboxylic acids is 3. The molecule has 1 aliphatic rings. The Morgan fingerprint density at radius 3 is 2.41 bits per heavy atom. The monoisotopic (exact) mass is 471 g/mol. The molecule has 0 spiro atoms. The van der Waals surface area contributed by atoms with Crippen LogP contribution in [0.15, 0.2) is 24.3 Å². The summed E-state index contributed by atoms with van der Waals surface area (Å²) in [4.78, 5) is 40.6. The molecule has 0 saturated heterocycles. The molecule has 2 unspecified atom stereocenters. The molecule has 3 amide bonds. The summed E-state index contributed by atoms with van der Waals surface area (Å²) in [7, 11) is 0. The van der Waals surface area contributed by atoms with Gasteiger partial charge < -0.3 is 25.4 Å². The number of nitrogens with one attached hydrogen (secondary N) is 2. The minimum absolute atomic E-state index is 0.0316. The number of amides is 3. The summed E-state index contributed by atoms with van der Waals surface area (Å²) in [5.41, 5.74) is 0.242. The van der Waals surface area contributed by atoms with Crippen LogP contribution >= 0.6 is 0 Å². The number of benzene rings is 1. The van der Waals surface area contributed by atoms with E-state index in [0.29, 0.717) is 11.1 Å². The lowest BCUT2D eigenvalue weighted by atomic mass is 9.93. The quantitative estimate of drug-likeness (QED) is 0.506. The van der Waals surface area contributed by atoms with Gasteiger partial charge in [0.05, 0.1) is 6.61 Å². The molecule has 0 radical (unpaired) electrons. The van der Waals surface area contributed by atoms with Crippen molar-refractivity contribution in [1.82, 2.24) is 15.5 Å². The number of terminal acetylenes is 1. The number of aliphatic hydroxyl groups excluding tert-OH is 1. The molecule has 0 heterocycles. The van der Waals surface area contributed by atoms with Crippen LogP contribution in [0.1, 0.15) is 77.0 Å². The van der Waals surface area contributed by atoms with E-state index in [9.17, 15) is 19.5 Å². The molecule has 8 heteroatoms. The van der Waals surface area contributed by atoms with Gasteiger partial charge in [0.25, 0.3) is 0 Å². The Morgan fingerprint density at radius 1 is 1.21 bits per heavy atom. The standard InChI is InChI=1S/C26H37N3O5/c1-6-18-13-11-12-16-20(18)22(23(31)27-19-14-9-8-10-15-19)29(7-2)24(32)21(17-30)28-25(33)34-26(3,4)5/h1,11-13,16,19,21-22,30H,7-10,14-15,17H2,2-5H3,(H,27,31)(H,28,33). The number of rotatable bonds is 8. The maximum absolute atomic E-state index is 13.6. The second-order valence-corrected chi connectivity index (χ2v) is 9.48. The zero-order chi connectivity index (χ0) is 25.3. The predicted octanol–water partition coefficient (Wildman–Crippen LogP) is 2.89. The first-order chi connectivity index (χ1) is 16.1. The van der Waals surface area contributed by atoms with Gasteiger partial charge >= 0.3 is 6.09 Å². The van der Waals surface area contributed by atoms with Crippen LogP contribution in [0.3, 0.4) is 0 Å². The van der Waals surface area contributed by atoms with Gasteiger partial charge in [0.15, 0.2) is 0 Å². The number of carbonyl (C=O) groups is 3. The smallest absolute Gasteiger partial charge is 0.408 e. The van der Waals surface area contributed by atoms with Crippen LogP contribution in [-0.4, -0.2) is 58.8 Å². The molecular formula is C26H37N3O5. The molecule has 1 aliphatic carbocycles. The van der Waals surface area contributed by atoms with Gasteiger partial charge in [-0.25, -0.2) is 4.79 Å².